The molecule has 1 aromatic carbocycles. The molecular weight excluding hydrogens is 434 g/mol. The van der Waals surface area contributed by atoms with Gasteiger partial charge in [-0.25, -0.2) is 0 Å². The van der Waals surface area contributed by atoms with Crippen molar-refractivity contribution in [2.24, 2.45) is 0 Å². The van der Waals surface area contributed by atoms with Crippen LogP contribution in [-0.4, -0.2) is 12.1 Å². The van der Waals surface area contributed by atoms with E-state index in [0.717, 1.165) is 12.1 Å². The third kappa shape index (κ3) is 1.39. The SMILES string of the molecule is C1=CC2Nc3ccccc3[N-]C2CC1.[Lr]. The summed E-state index contributed by atoms with van der Waals surface area (Å²) in [5.41, 5.74) is 2.28. The van der Waals surface area contributed by atoms with Crippen LogP contribution in [0.3, 0.4) is 0 Å². The van der Waals surface area contributed by atoms with Crippen LogP contribution in [0.4, 0.5) is 11.4 Å². The Morgan fingerprint density at radius 2 is 2.13 bits per heavy atom. The van der Waals surface area contributed by atoms with Crippen molar-refractivity contribution < 1.29 is 0 Å². The van der Waals surface area contributed by atoms with Gasteiger partial charge in [-0.1, -0.05) is 42.8 Å². The Hall–Kier alpha value is -2.44. The maximum Gasteiger partial charge on any atom is 0.0311 e. The standard InChI is InChI=1S/C12H13N2.Lr/c1-2-6-10-9(5-1)13-11-7-3-4-8-12(11)14-10;/h1-3,5-7,11-13H,4,8H2;/q-1;. The average molecular weight is 447 g/mol. The van der Waals surface area contributed by atoms with Gasteiger partial charge in [-0.2, -0.15) is 0 Å². The molecule has 0 amide bonds. The fourth-order valence-corrected chi connectivity index (χ4v) is 2.17. The Morgan fingerprint density at radius 3 is 3.07 bits per heavy atom. The van der Waals surface area contributed by atoms with Crippen LogP contribution in [0.15, 0.2) is 36.4 Å². The summed E-state index contributed by atoms with van der Waals surface area (Å²) in [6, 6.07) is 9.12. The van der Waals surface area contributed by atoms with Gasteiger partial charge >= 0.3 is 0 Å². The number of benzene rings is 1. The number of nitrogens with zero attached hydrogens (tertiary/aromatic N) is 1. The van der Waals surface area contributed by atoms with E-state index in [-0.39, 0.29) is 0 Å². The Labute approximate surface area is 84.0 Å². The fourth-order valence-electron chi connectivity index (χ4n) is 2.17. The van der Waals surface area contributed by atoms with Gasteiger partial charge in [0.2, 0.25) is 0 Å². The van der Waals surface area contributed by atoms with Crippen LogP contribution in [0.1, 0.15) is 12.8 Å². The van der Waals surface area contributed by atoms with Crippen molar-refractivity contribution in [1.82, 2.24) is 0 Å². The second-order valence-electron chi connectivity index (χ2n) is 3.89. The van der Waals surface area contributed by atoms with Gasteiger partial charge in [0.25, 0.3) is 0 Å². The van der Waals surface area contributed by atoms with Gasteiger partial charge in [0.15, 0.2) is 0 Å². The van der Waals surface area contributed by atoms with Crippen molar-refractivity contribution in [2.75, 3.05) is 5.32 Å². The van der Waals surface area contributed by atoms with E-state index in [9.17, 15) is 0 Å². The summed E-state index contributed by atoms with van der Waals surface area (Å²) >= 11 is 0. The molecule has 1 aliphatic carbocycles. The van der Waals surface area contributed by atoms with E-state index < -0.39 is 0 Å². The monoisotopic (exact) mass is 447 g/mol. The van der Waals surface area contributed by atoms with Gasteiger partial charge in [-0.3, -0.25) is 0 Å². The first-order chi connectivity index (χ1) is 6.93. The summed E-state index contributed by atoms with van der Waals surface area (Å²) in [7, 11) is 0. The second kappa shape index (κ2) is 3.37. The van der Waals surface area contributed by atoms with Gasteiger partial charge in [-0.15, -0.1) is 5.69 Å². The molecule has 0 saturated heterocycles. The first-order valence-corrected chi connectivity index (χ1v) is 5.16. The molecule has 2 nitrogen and oxygen atoms in total. The van der Waals surface area contributed by atoms with Crippen LogP contribution in [-0.2, 0) is 0 Å². The molecule has 3 heteroatoms. The van der Waals surface area contributed by atoms with E-state index in [1.807, 2.05) is 12.1 Å². The van der Waals surface area contributed by atoms with Gasteiger partial charge in [0.1, 0.15) is 0 Å². The zero-order valence-electron chi connectivity index (χ0n) is 8.24. The quantitative estimate of drug-likeness (QED) is 0.608. The topological polar surface area (TPSA) is 26.1 Å². The van der Waals surface area contributed by atoms with Gasteiger partial charge in [0, 0.05) is 11.7 Å². The minimum absolute atomic E-state index is 0. The minimum Gasteiger partial charge on any atom is -0.678 e. The van der Waals surface area contributed by atoms with Crippen molar-refractivity contribution in [1.29, 1.82) is 0 Å². The fraction of sp³-hybridized carbons (Fsp3) is 0.333. The average Bonchev–Trinajstić information content (AvgIpc) is 2.26. The van der Waals surface area contributed by atoms with Crippen molar-refractivity contribution >= 4 is 11.4 Å². The van der Waals surface area contributed by atoms with Crippen molar-refractivity contribution in [2.45, 2.75) is 24.9 Å². The summed E-state index contributed by atoms with van der Waals surface area (Å²) in [6.07, 6.45) is 6.82. The number of anilines is 1. The molecule has 0 spiro atoms. The van der Waals surface area contributed by atoms with E-state index in [0.29, 0.717) is 12.1 Å². The summed E-state index contributed by atoms with van der Waals surface area (Å²) in [5, 5.41) is 8.27. The van der Waals surface area contributed by atoms with E-state index in [1.54, 1.807) is 0 Å². The molecule has 0 bridgehead atoms. The van der Waals surface area contributed by atoms with Crippen LogP contribution in [0.25, 0.3) is 5.32 Å². The molecular formula is C12H13LrN2-. The van der Waals surface area contributed by atoms with Crippen molar-refractivity contribution in [3.8, 4) is 0 Å². The molecule has 1 heterocycles. The Bertz CT molecular complexity index is 376. The first kappa shape index (κ1) is 9.13. The second-order valence-corrected chi connectivity index (χ2v) is 3.89. The molecule has 0 fully saturated rings. The molecule has 3 rings (SSSR count). The zero-order valence-corrected chi connectivity index (χ0v) is 10.4. The van der Waals surface area contributed by atoms with Crippen LogP contribution in [0.5, 0.6) is 0 Å². The summed E-state index contributed by atoms with van der Waals surface area (Å²) < 4.78 is 0. The predicted octanol–water partition coefficient (Wildman–Crippen LogP) is 3.20. The first-order valence-electron chi connectivity index (χ1n) is 5.16. The largest absolute Gasteiger partial charge is 0.678 e. The van der Waals surface area contributed by atoms with Crippen molar-refractivity contribution in [3.63, 3.8) is 0 Å². The molecule has 2 atom stereocenters. The zero-order chi connectivity index (χ0) is 9.38. The molecule has 2 unspecified atom stereocenters. The molecule has 2 aliphatic rings. The van der Waals surface area contributed by atoms with Crippen LogP contribution in [0, 0.1) is 0 Å². The molecule has 1 N–H and O–H groups in total. The molecule has 1 aromatic rings. The Morgan fingerprint density at radius 1 is 1.27 bits per heavy atom. The predicted molar refractivity (Wildman–Crippen MR) is 59.0 cm³/mol. The summed E-state index contributed by atoms with van der Waals surface area (Å²) in [4.78, 5) is 0. The van der Waals surface area contributed by atoms with Crippen LogP contribution in [0.2, 0.25) is 0 Å². The van der Waals surface area contributed by atoms with E-state index in [2.05, 4.69) is 29.6 Å². The summed E-state index contributed by atoms with van der Waals surface area (Å²) in [5.74, 6) is 0. The van der Waals surface area contributed by atoms with Crippen molar-refractivity contribution in [3.05, 3.63) is 41.7 Å². The maximum atomic E-state index is 4.75. The number of fused-ring (bicyclic) bond motifs is 2. The molecule has 1 aliphatic heterocycles. The smallest absolute Gasteiger partial charge is 0.0311 e. The van der Waals surface area contributed by atoms with Gasteiger partial charge < -0.3 is 10.6 Å². The molecule has 0 aromatic heterocycles. The number of rotatable bonds is 0. The molecule has 87 valence electrons. The molecule has 0 saturated carbocycles. The maximum absolute atomic E-state index is 4.75. The third-order valence-electron chi connectivity index (χ3n) is 2.92. The number of allylic oxidation sites excluding steroid dienone is 1. The number of hydrogen-bond acceptors (Lipinski definition) is 1. The molecule has 1 radical (unpaired) electrons. The normalized spacial score (nSPS) is 26.4. The Kier molecular flexibility index (Phi) is 2.05. The van der Waals surface area contributed by atoms with E-state index >= 15 is 0 Å². The Balaban J connectivity index is 0.000000853. The number of hydrogen-bond donors (Lipinski definition) is 1. The number of para-hydroxylation sites is 2. The molecule has 15 heavy (non-hydrogen) atoms. The van der Waals surface area contributed by atoms with E-state index in [4.69, 9.17) is 5.32 Å². The third-order valence-corrected chi connectivity index (χ3v) is 2.92. The summed E-state index contributed by atoms with van der Waals surface area (Å²) in [6.45, 7) is 0. The van der Waals surface area contributed by atoms with Crippen LogP contribution < -0.4 is 5.32 Å². The number of nitrogens with one attached hydrogen (secondary N) is 1. The van der Waals surface area contributed by atoms with Gasteiger partial charge in [-0.05, 0) is 12.5 Å². The van der Waals surface area contributed by atoms with Gasteiger partial charge in [0.05, 0.1) is 0 Å². The van der Waals surface area contributed by atoms with E-state index in [1.165, 1.54) is 12.1 Å². The van der Waals surface area contributed by atoms with Crippen LogP contribution >= 0.6 is 0 Å². The minimum atomic E-state index is 0.